The van der Waals surface area contributed by atoms with Crippen LogP contribution in [-0.2, 0) is 22.6 Å². The van der Waals surface area contributed by atoms with Crippen molar-refractivity contribution in [3.8, 4) is 5.75 Å². The van der Waals surface area contributed by atoms with Crippen LogP contribution in [0.5, 0.6) is 5.75 Å². The van der Waals surface area contributed by atoms with E-state index in [9.17, 15) is 19.5 Å². The number of hydrogen-bond donors (Lipinski definition) is 1. The van der Waals surface area contributed by atoms with Crippen molar-refractivity contribution in [2.75, 3.05) is 20.2 Å². The number of esters is 1. The van der Waals surface area contributed by atoms with Gasteiger partial charge in [0.05, 0.1) is 6.61 Å². The van der Waals surface area contributed by atoms with Gasteiger partial charge in [0.15, 0.2) is 5.69 Å². The van der Waals surface area contributed by atoms with Gasteiger partial charge in [-0.2, -0.15) is 0 Å². The molecule has 1 aliphatic heterocycles. The fourth-order valence-corrected chi connectivity index (χ4v) is 3.76. The Labute approximate surface area is 180 Å². The van der Waals surface area contributed by atoms with Crippen molar-refractivity contribution in [1.82, 2.24) is 14.5 Å². The smallest absolute Gasteiger partial charge is 0.409 e. The normalized spacial score (nSPS) is 17.5. The van der Waals surface area contributed by atoms with Crippen LogP contribution in [0, 0.1) is 5.92 Å². The number of likely N-dealkylation sites (N-methyl/N-ethyl adjacent to an activating group) is 1. The van der Waals surface area contributed by atoms with Gasteiger partial charge in [-0.25, -0.2) is 14.6 Å². The quantitative estimate of drug-likeness (QED) is 0.703. The molecule has 3 rings (SSSR count). The number of fused-ring (bicyclic) bond motifs is 1. The number of nitrogens with zero attached hydrogens (tertiary/aromatic N) is 3. The molecule has 0 spiro atoms. The Balaban J connectivity index is 1.80. The zero-order valence-electron chi connectivity index (χ0n) is 17.9. The number of ether oxygens (including phenoxy) is 2. The molecule has 1 aliphatic rings. The van der Waals surface area contributed by atoms with Crippen LogP contribution in [0.15, 0.2) is 35.1 Å². The third-order valence-corrected chi connectivity index (χ3v) is 5.20. The van der Waals surface area contributed by atoms with Gasteiger partial charge in [0.2, 0.25) is 5.75 Å². The van der Waals surface area contributed by atoms with Crippen molar-refractivity contribution >= 4 is 12.1 Å². The molecule has 0 radical (unpaired) electrons. The summed E-state index contributed by atoms with van der Waals surface area (Å²) in [5, 5.41) is 10.2. The molecule has 31 heavy (non-hydrogen) atoms. The first kappa shape index (κ1) is 22.3. The molecule has 0 saturated heterocycles. The first-order valence-electron chi connectivity index (χ1n) is 10.2. The van der Waals surface area contributed by atoms with Crippen molar-refractivity contribution in [3.63, 3.8) is 0 Å². The Hall–Kier alpha value is -3.36. The van der Waals surface area contributed by atoms with Gasteiger partial charge in [0.25, 0.3) is 5.56 Å². The van der Waals surface area contributed by atoms with Gasteiger partial charge in [-0.3, -0.25) is 9.36 Å². The molecular formula is C22H27N3O6. The second-order valence-electron chi connectivity index (χ2n) is 7.76. The highest BCUT2D eigenvalue weighted by Gasteiger charge is 2.33. The lowest BCUT2D eigenvalue weighted by atomic mass is 9.90. The zero-order chi connectivity index (χ0) is 22.5. The van der Waals surface area contributed by atoms with E-state index in [1.165, 1.54) is 9.47 Å². The van der Waals surface area contributed by atoms with E-state index in [2.05, 4.69) is 4.98 Å². The first-order chi connectivity index (χ1) is 14.8. The molecule has 0 aliphatic carbocycles. The molecule has 0 saturated carbocycles. The molecule has 166 valence electrons. The predicted molar refractivity (Wildman–Crippen MR) is 112 cm³/mol. The lowest BCUT2D eigenvalue weighted by Crippen LogP contribution is -2.40. The average Bonchev–Trinajstić information content (AvgIpc) is 2.75. The van der Waals surface area contributed by atoms with Crippen molar-refractivity contribution in [1.29, 1.82) is 0 Å². The summed E-state index contributed by atoms with van der Waals surface area (Å²) in [6, 6.07) is 9.36. The maximum absolute atomic E-state index is 12.7. The van der Waals surface area contributed by atoms with Crippen LogP contribution in [0.4, 0.5) is 4.79 Å². The van der Waals surface area contributed by atoms with Crippen LogP contribution < -0.4 is 5.56 Å². The monoisotopic (exact) mass is 429 g/mol. The molecule has 2 atom stereocenters. The van der Waals surface area contributed by atoms with Crippen molar-refractivity contribution in [2.24, 2.45) is 5.92 Å². The highest BCUT2D eigenvalue weighted by molar-refractivity contribution is 5.90. The third kappa shape index (κ3) is 5.04. The van der Waals surface area contributed by atoms with E-state index < -0.39 is 29.1 Å². The number of aromatic nitrogens is 2. The Morgan fingerprint density at radius 1 is 1.26 bits per heavy atom. The van der Waals surface area contributed by atoms with Crippen LogP contribution in [0.2, 0.25) is 0 Å². The summed E-state index contributed by atoms with van der Waals surface area (Å²) in [6.45, 7) is 4.47. The molecule has 1 N–H and O–H groups in total. The van der Waals surface area contributed by atoms with E-state index in [1.807, 2.05) is 37.3 Å². The molecule has 1 aromatic heterocycles. The van der Waals surface area contributed by atoms with Crippen LogP contribution in [0.1, 0.15) is 48.1 Å². The van der Waals surface area contributed by atoms with E-state index in [4.69, 9.17) is 9.47 Å². The topological polar surface area (TPSA) is 111 Å². The fraction of sp³-hybridized carbons (Fsp3) is 0.455. The molecule has 2 aromatic rings. The number of benzene rings is 1. The highest BCUT2D eigenvalue weighted by atomic mass is 16.6. The summed E-state index contributed by atoms with van der Waals surface area (Å²) >= 11 is 0. The van der Waals surface area contributed by atoms with E-state index in [-0.39, 0.29) is 31.6 Å². The minimum Gasteiger partial charge on any atom is -0.501 e. The first-order valence-corrected chi connectivity index (χ1v) is 10.2. The molecule has 0 bridgehead atoms. The van der Waals surface area contributed by atoms with E-state index in [0.717, 1.165) is 5.56 Å². The molecule has 0 fully saturated rings. The van der Waals surface area contributed by atoms with Crippen molar-refractivity contribution in [2.45, 2.75) is 39.3 Å². The maximum Gasteiger partial charge on any atom is 0.409 e. The van der Waals surface area contributed by atoms with Crippen molar-refractivity contribution < 1.29 is 24.2 Å². The lowest BCUT2D eigenvalue weighted by molar-refractivity contribution is 0.0513. The van der Waals surface area contributed by atoms with Crippen molar-refractivity contribution in [3.05, 3.63) is 57.8 Å². The fourth-order valence-electron chi connectivity index (χ4n) is 3.76. The summed E-state index contributed by atoms with van der Waals surface area (Å²) in [5.41, 5.74) is -0.200. The summed E-state index contributed by atoms with van der Waals surface area (Å²) in [7, 11) is 1.61. The number of amides is 1. The molecule has 9 heteroatoms. The molecule has 2 heterocycles. The van der Waals surface area contributed by atoms with Gasteiger partial charge in [0.1, 0.15) is 12.4 Å². The Morgan fingerprint density at radius 2 is 1.97 bits per heavy atom. The molecule has 9 nitrogen and oxygen atoms in total. The lowest BCUT2D eigenvalue weighted by Gasteiger charge is -2.32. The Bertz CT molecular complexity index is 1000. The minimum absolute atomic E-state index is 0.0921. The Morgan fingerprint density at radius 3 is 2.65 bits per heavy atom. The molecule has 1 amide bonds. The van der Waals surface area contributed by atoms with Gasteiger partial charge in [-0.1, -0.05) is 37.3 Å². The Kier molecular flexibility index (Phi) is 6.94. The zero-order valence-corrected chi connectivity index (χ0v) is 17.9. The van der Waals surface area contributed by atoms with Gasteiger partial charge in [-0.15, -0.1) is 0 Å². The van der Waals surface area contributed by atoms with Gasteiger partial charge in [-0.05, 0) is 24.8 Å². The second kappa shape index (κ2) is 9.63. The molecule has 1 aromatic carbocycles. The summed E-state index contributed by atoms with van der Waals surface area (Å²) in [5.74, 6) is -1.40. The maximum atomic E-state index is 12.7. The number of carbonyl (C=O) groups is 2. The van der Waals surface area contributed by atoms with Crippen LogP contribution in [0.25, 0.3) is 0 Å². The number of rotatable bonds is 6. The predicted octanol–water partition coefficient (Wildman–Crippen LogP) is 2.52. The van der Waals surface area contributed by atoms with Crippen LogP contribution in [-0.4, -0.2) is 51.8 Å². The van der Waals surface area contributed by atoms with Gasteiger partial charge >= 0.3 is 12.1 Å². The van der Waals surface area contributed by atoms with E-state index >= 15 is 0 Å². The van der Waals surface area contributed by atoms with E-state index in [1.54, 1.807) is 14.0 Å². The van der Waals surface area contributed by atoms with Gasteiger partial charge < -0.3 is 19.5 Å². The van der Waals surface area contributed by atoms with Gasteiger partial charge in [0, 0.05) is 26.1 Å². The van der Waals surface area contributed by atoms with Crippen LogP contribution >= 0.6 is 0 Å². The summed E-state index contributed by atoms with van der Waals surface area (Å²) < 4.78 is 11.7. The number of carbonyl (C=O) groups excluding carboxylic acids is 2. The highest BCUT2D eigenvalue weighted by Crippen LogP contribution is 2.30. The van der Waals surface area contributed by atoms with E-state index in [0.29, 0.717) is 18.8 Å². The van der Waals surface area contributed by atoms with Crippen LogP contribution in [0.3, 0.4) is 0 Å². The molecule has 2 unspecified atom stereocenters. The largest absolute Gasteiger partial charge is 0.501 e. The standard InChI is InChI=1S/C22H27N3O6/c1-4-30-21(28)17-18(26)20(27)25-11-14(2)10-16(19(25)23-17)12-24(3)22(29)31-13-15-8-6-5-7-9-15/h5-9,14,16,26H,4,10-13H2,1-3H3. The SMILES string of the molecule is CCOC(=O)c1nc2n(c(=O)c1O)CC(C)CC2CN(C)C(=O)OCc1ccccc1. The summed E-state index contributed by atoms with van der Waals surface area (Å²) in [6.07, 6.45) is 0.163. The number of hydrogen-bond acceptors (Lipinski definition) is 7. The summed E-state index contributed by atoms with van der Waals surface area (Å²) in [4.78, 5) is 43.0. The minimum atomic E-state index is -0.853. The third-order valence-electron chi connectivity index (χ3n) is 5.20. The second-order valence-corrected chi connectivity index (χ2v) is 7.76. The number of aromatic hydroxyl groups is 1. The average molecular weight is 429 g/mol. The molecular weight excluding hydrogens is 402 g/mol.